The lowest BCUT2D eigenvalue weighted by Crippen LogP contribution is -2.41. The maximum atomic E-state index is 6.09. The lowest BCUT2D eigenvalue weighted by atomic mass is 9.98. The van der Waals surface area contributed by atoms with Gasteiger partial charge in [-0.2, -0.15) is 0 Å². The normalized spacial score (nSPS) is 17.3. The standard InChI is InChI=1S/C21H23ClN4S/c1-13-5-7-17(10-14(13)2)23-21(27)26-9-3-4-15(12-26)20-24-18-8-6-16(22)11-19(18)25-20/h5-8,10-11,15H,3-4,9,12H2,1-2H3,(H,23,27)(H,24,25)/t15-/m0/s1. The molecule has 0 aliphatic carbocycles. The molecule has 2 heterocycles. The van der Waals surface area contributed by atoms with Crippen LogP contribution >= 0.6 is 23.8 Å². The quantitative estimate of drug-likeness (QED) is 0.566. The number of nitrogens with zero attached hydrogens (tertiary/aromatic N) is 2. The van der Waals surface area contributed by atoms with Crippen molar-refractivity contribution in [3.05, 3.63) is 58.4 Å². The summed E-state index contributed by atoms with van der Waals surface area (Å²) in [4.78, 5) is 10.5. The van der Waals surface area contributed by atoms with Gasteiger partial charge in [-0.1, -0.05) is 17.7 Å². The molecular formula is C21H23ClN4S. The molecule has 0 amide bonds. The molecule has 1 aliphatic heterocycles. The second kappa shape index (κ2) is 7.49. The van der Waals surface area contributed by atoms with Gasteiger partial charge in [0.05, 0.1) is 11.0 Å². The van der Waals surface area contributed by atoms with Crippen LogP contribution in [0.1, 0.15) is 35.7 Å². The number of fused-ring (bicyclic) bond motifs is 1. The van der Waals surface area contributed by atoms with Gasteiger partial charge in [-0.25, -0.2) is 4.98 Å². The number of imidazole rings is 1. The number of rotatable bonds is 2. The van der Waals surface area contributed by atoms with Crippen LogP contribution < -0.4 is 5.32 Å². The summed E-state index contributed by atoms with van der Waals surface area (Å²) in [5.74, 6) is 1.36. The minimum atomic E-state index is 0.337. The average Bonchev–Trinajstić information content (AvgIpc) is 3.08. The Morgan fingerprint density at radius 1 is 1.22 bits per heavy atom. The second-order valence-electron chi connectivity index (χ2n) is 7.30. The fourth-order valence-electron chi connectivity index (χ4n) is 3.60. The fourth-order valence-corrected chi connectivity index (χ4v) is 4.06. The topological polar surface area (TPSA) is 44.0 Å². The number of aromatic amines is 1. The number of aromatic nitrogens is 2. The zero-order valence-corrected chi connectivity index (χ0v) is 17.1. The molecule has 1 fully saturated rings. The van der Waals surface area contributed by atoms with E-state index in [0.29, 0.717) is 5.92 Å². The van der Waals surface area contributed by atoms with Crippen molar-refractivity contribution >= 4 is 45.7 Å². The zero-order valence-electron chi connectivity index (χ0n) is 15.6. The number of hydrogen-bond acceptors (Lipinski definition) is 2. The van der Waals surface area contributed by atoms with Crippen LogP contribution in [0.15, 0.2) is 36.4 Å². The van der Waals surface area contributed by atoms with E-state index in [1.807, 2.05) is 18.2 Å². The summed E-state index contributed by atoms with van der Waals surface area (Å²) in [5, 5.41) is 4.90. The molecule has 6 heteroatoms. The summed E-state index contributed by atoms with van der Waals surface area (Å²) in [5.41, 5.74) is 5.55. The smallest absolute Gasteiger partial charge is 0.173 e. The maximum Gasteiger partial charge on any atom is 0.173 e. The predicted molar refractivity (Wildman–Crippen MR) is 117 cm³/mol. The number of halogens is 1. The summed E-state index contributed by atoms with van der Waals surface area (Å²) in [6, 6.07) is 12.1. The molecule has 1 aromatic heterocycles. The van der Waals surface area contributed by atoms with E-state index in [9.17, 15) is 0 Å². The Balaban J connectivity index is 1.48. The first-order chi connectivity index (χ1) is 13.0. The molecule has 0 unspecified atom stereocenters. The highest BCUT2D eigenvalue weighted by Crippen LogP contribution is 2.28. The molecule has 1 aliphatic rings. The number of benzene rings is 2. The van der Waals surface area contributed by atoms with Gasteiger partial charge in [-0.05, 0) is 80.4 Å². The summed E-state index contributed by atoms with van der Waals surface area (Å²) in [6.07, 6.45) is 2.20. The third-order valence-corrected chi connectivity index (χ3v) is 5.91. The third kappa shape index (κ3) is 3.94. The minimum Gasteiger partial charge on any atom is -0.348 e. The minimum absolute atomic E-state index is 0.337. The predicted octanol–water partition coefficient (Wildman–Crippen LogP) is 5.41. The van der Waals surface area contributed by atoms with Crippen molar-refractivity contribution in [1.82, 2.24) is 14.9 Å². The van der Waals surface area contributed by atoms with Gasteiger partial charge in [0.1, 0.15) is 5.82 Å². The molecule has 2 N–H and O–H groups in total. The summed E-state index contributed by atoms with van der Waals surface area (Å²) in [7, 11) is 0. The van der Waals surface area contributed by atoms with E-state index in [4.69, 9.17) is 28.8 Å². The van der Waals surface area contributed by atoms with Crippen LogP contribution in [0.25, 0.3) is 11.0 Å². The Hall–Kier alpha value is -2.11. The van der Waals surface area contributed by atoms with E-state index in [1.54, 1.807) is 0 Å². The number of piperidine rings is 1. The van der Waals surface area contributed by atoms with E-state index >= 15 is 0 Å². The number of likely N-dealkylation sites (tertiary alicyclic amines) is 1. The molecule has 2 aromatic carbocycles. The highest BCUT2D eigenvalue weighted by molar-refractivity contribution is 7.80. The summed E-state index contributed by atoms with van der Waals surface area (Å²) in [6.45, 7) is 6.07. The van der Waals surface area contributed by atoms with Gasteiger partial charge >= 0.3 is 0 Å². The van der Waals surface area contributed by atoms with Crippen LogP contribution in [0.2, 0.25) is 5.02 Å². The third-order valence-electron chi connectivity index (χ3n) is 5.32. The van der Waals surface area contributed by atoms with Crippen molar-refractivity contribution in [3.63, 3.8) is 0 Å². The van der Waals surface area contributed by atoms with Crippen LogP contribution in [-0.2, 0) is 0 Å². The first-order valence-corrected chi connectivity index (χ1v) is 10.1. The van der Waals surface area contributed by atoms with Crippen LogP contribution in [0, 0.1) is 13.8 Å². The van der Waals surface area contributed by atoms with E-state index in [1.165, 1.54) is 11.1 Å². The largest absolute Gasteiger partial charge is 0.348 e. The number of hydrogen-bond donors (Lipinski definition) is 2. The molecule has 0 radical (unpaired) electrons. The van der Waals surface area contributed by atoms with E-state index < -0.39 is 0 Å². The summed E-state index contributed by atoms with van der Waals surface area (Å²) < 4.78 is 0. The van der Waals surface area contributed by atoms with Crippen molar-refractivity contribution in [1.29, 1.82) is 0 Å². The lowest BCUT2D eigenvalue weighted by molar-refractivity contribution is 0.307. The van der Waals surface area contributed by atoms with Gasteiger partial charge in [-0.15, -0.1) is 0 Å². The first kappa shape index (κ1) is 18.3. The van der Waals surface area contributed by atoms with Gasteiger partial charge in [0.2, 0.25) is 0 Å². The van der Waals surface area contributed by atoms with Crippen molar-refractivity contribution < 1.29 is 0 Å². The summed E-state index contributed by atoms with van der Waals surface area (Å²) >= 11 is 11.8. The van der Waals surface area contributed by atoms with Crippen LogP contribution in [0.3, 0.4) is 0 Å². The number of H-pyrrole nitrogens is 1. The van der Waals surface area contributed by atoms with Crippen molar-refractivity contribution in [2.75, 3.05) is 18.4 Å². The second-order valence-corrected chi connectivity index (χ2v) is 8.12. The van der Waals surface area contributed by atoms with Gasteiger partial charge in [0.15, 0.2) is 5.11 Å². The Kier molecular flexibility index (Phi) is 5.06. The molecule has 1 atom stereocenters. The number of nitrogens with one attached hydrogen (secondary N) is 2. The SMILES string of the molecule is Cc1ccc(NC(=S)N2CCC[C@H](c3nc4ccc(Cl)cc4[nH]3)C2)cc1C. The monoisotopic (exact) mass is 398 g/mol. The Labute approximate surface area is 169 Å². The molecule has 0 saturated carbocycles. The lowest BCUT2D eigenvalue weighted by Gasteiger charge is -2.33. The van der Waals surface area contributed by atoms with Crippen molar-refractivity contribution in [2.24, 2.45) is 0 Å². The Morgan fingerprint density at radius 3 is 2.89 bits per heavy atom. The molecule has 0 spiro atoms. The van der Waals surface area contributed by atoms with E-state index in [0.717, 1.165) is 58.6 Å². The van der Waals surface area contributed by atoms with Crippen LogP contribution in [-0.4, -0.2) is 33.1 Å². The Morgan fingerprint density at radius 2 is 2.07 bits per heavy atom. The van der Waals surface area contributed by atoms with Gasteiger partial charge in [-0.3, -0.25) is 0 Å². The number of aryl methyl sites for hydroxylation is 2. The van der Waals surface area contributed by atoms with E-state index in [-0.39, 0.29) is 0 Å². The highest BCUT2D eigenvalue weighted by Gasteiger charge is 2.25. The number of anilines is 1. The molecule has 3 aromatic rings. The van der Waals surface area contributed by atoms with Gasteiger partial charge in [0, 0.05) is 29.7 Å². The molecule has 140 valence electrons. The number of thiocarbonyl (C=S) groups is 1. The average molecular weight is 399 g/mol. The first-order valence-electron chi connectivity index (χ1n) is 9.28. The highest BCUT2D eigenvalue weighted by atomic mass is 35.5. The molecule has 4 rings (SSSR count). The van der Waals surface area contributed by atoms with Crippen molar-refractivity contribution in [2.45, 2.75) is 32.6 Å². The van der Waals surface area contributed by atoms with Gasteiger partial charge < -0.3 is 15.2 Å². The molecule has 1 saturated heterocycles. The Bertz CT molecular complexity index is 997. The zero-order chi connectivity index (χ0) is 19.0. The van der Waals surface area contributed by atoms with Gasteiger partial charge in [0.25, 0.3) is 0 Å². The molecule has 27 heavy (non-hydrogen) atoms. The molecule has 0 bridgehead atoms. The van der Waals surface area contributed by atoms with Crippen molar-refractivity contribution in [3.8, 4) is 0 Å². The van der Waals surface area contributed by atoms with Crippen LogP contribution in [0.4, 0.5) is 5.69 Å². The molecular weight excluding hydrogens is 376 g/mol. The van der Waals surface area contributed by atoms with Crippen LogP contribution in [0.5, 0.6) is 0 Å². The fraction of sp³-hybridized carbons (Fsp3) is 0.333. The van der Waals surface area contributed by atoms with E-state index in [2.05, 4.69) is 47.2 Å². The molecule has 4 nitrogen and oxygen atoms in total. The maximum absolute atomic E-state index is 6.09.